The van der Waals surface area contributed by atoms with Gasteiger partial charge in [-0.25, -0.2) is 4.79 Å². The highest BCUT2D eigenvalue weighted by molar-refractivity contribution is 5.79. The predicted octanol–water partition coefficient (Wildman–Crippen LogP) is 1.70. The van der Waals surface area contributed by atoms with Crippen LogP contribution in [0.3, 0.4) is 0 Å². The van der Waals surface area contributed by atoms with Crippen LogP contribution in [0.2, 0.25) is 0 Å². The summed E-state index contributed by atoms with van der Waals surface area (Å²) in [4.78, 5) is 16.2. The van der Waals surface area contributed by atoms with Crippen molar-refractivity contribution < 1.29 is 9.53 Å². The molecule has 1 amide bonds. The van der Waals surface area contributed by atoms with Gasteiger partial charge in [0.2, 0.25) is 0 Å². The number of carbonyl (C=O) groups is 1. The van der Waals surface area contributed by atoms with Gasteiger partial charge in [-0.2, -0.15) is 0 Å². The number of hydrogen-bond acceptors (Lipinski definition) is 5. The highest BCUT2D eigenvalue weighted by atomic mass is 16.6. The SMILES string of the molecule is CN=C(NCc1nnc2ccccn12)NCC(C)(C)NC(=O)OC(C)(C)C. The monoisotopic (exact) mass is 375 g/mol. The van der Waals surface area contributed by atoms with Crippen molar-refractivity contribution in [1.29, 1.82) is 0 Å². The molecular weight excluding hydrogens is 346 g/mol. The molecule has 0 atom stereocenters. The minimum Gasteiger partial charge on any atom is -0.444 e. The van der Waals surface area contributed by atoms with Crippen LogP contribution in [0.1, 0.15) is 40.4 Å². The lowest BCUT2D eigenvalue weighted by Gasteiger charge is -2.29. The average Bonchev–Trinajstić information content (AvgIpc) is 2.96. The molecule has 0 radical (unpaired) electrons. The number of pyridine rings is 1. The van der Waals surface area contributed by atoms with Gasteiger partial charge in [0.05, 0.1) is 12.1 Å². The van der Waals surface area contributed by atoms with Gasteiger partial charge in [-0.1, -0.05) is 6.07 Å². The zero-order valence-corrected chi connectivity index (χ0v) is 16.8. The van der Waals surface area contributed by atoms with E-state index in [1.54, 1.807) is 7.05 Å². The van der Waals surface area contributed by atoms with Crippen molar-refractivity contribution in [2.24, 2.45) is 4.99 Å². The van der Waals surface area contributed by atoms with Gasteiger partial charge in [-0.15, -0.1) is 10.2 Å². The Bertz CT molecular complexity index is 805. The summed E-state index contributed by atoms with van der Waals surface area (Å²) in [6.45, 7) is 10.2. The van der Waals surface area contributed by atoms with Crippen LogP contribution < -0.4 is 16.0 Å². The van der Waals surface area contributed by atoms with Crippen LogP contribution in [0.4, 0.5) is 4.79 Å². The number of alkyl carbamates (subject to hydrolysis) is 1. The van der Waals surface area contributed by atoms with E-state index in [2.05, 4.69) is 31.1 Å². The molecule has 27 heavy (non-hydrogen) atoms. The van der Waals surface area contributed by atoms with Crippen LogP contribution in [0.25, 0.3) is 5.65 Å². The van der Waals surface area contributed by atoms with Crippen molar-refractivity contribution in [1.82, 2.24) is 30.5 Å². The first-order valence-electron chi connectivity index (χ1n) is 8.84. The Labute approximate surface area is 159 Å². The summed E-state index contributed by atoms with van der Waals surface area (Å²) in [7, 11) is 1.69. The molecule has 0 aliphatic rings. The number of ether oxygens (including phenoxy) is 1. The largest absolute Gasteiger partial charge is 0.444 e. The van der Waals surface area contributed by atoms with Gasteiger partial charge in [0.15, 0.2) is 17.4 Å². The van der Waals surface area contributed by atoms with Crippen LogP contribution in [-0.4, -0.2) is 51.4 Å². The molecule has 2 aromatic heterocycles. The van der Waals surface area contributed by atoms with Gasteiger partial charge in [0, 0.05) is 19.8 Å². The van der Waals surface area contributed by atoms with E-state index in [0.717, 1.165) is 11.5 Å². The predicted molar refractivity (Wildman–Crippen MR) is 105 cm³/mol. The Hall–Kier alpha value is -2.84. The molecule has 3 N–H and O–H groups in total. The van der Waals surface area contributed by atoms with Gasteiger partial charge in [-0.3, -0.25) is 9.39 Å². The molecular formula is C18H29N7O2. The third-order valence-corrected chi connectivity index (χ3v) is 3.56. The van der Waals surface area contributed by atoms with Crippen molar-refractivity contribution >= 4 is 17.7 Å². The first kappa shape index (κ1) is 20.5. The van der Waals surface area contributed by atoms with E-state index in [1.165, 1.54) is 0 Å². The second kappa shape index (κ2) is 8.24. The van der Waals surface area contributed by atoms with Crippen LogP contribution in [0.15, 0.2) is 29.4 Å². The number of fused-ring (bicyclic) bond motifs is 1. The third kappa shape index (κ3) is 6.43. The first-order valence-corrected chi connectivity index (χ1v) is 8.84. The summed E-state index contributed by atoms with van der Waals surface area (Å²) in [5, 5.41) is 17.6. The summed E-state index contributed by atoms with van der Waals surface area (Å²) in [6.07, 6.45) is 1.46. The molecule has 148 valence electrons. The van der Waals surface area contributed by atoms with Crippen molar-refractivity contribution in [3.63, 3.8) is 0 Å². The molecule has 0 spiro atoms. The Balaban J connectivity index is 1.86. The second-order valence-electron chi connectivity index (χ2n) is 7.84. The van der Waals surface area contributed by atoms with Gasteiger partial charge >= 0.3 is 6.09 Å². The maximum atomic E-state index is 12.0. The highest BCUT2D eigenvalue weighted by Crippen LogP contribution is 2.09. The summed E-state index contributed by atoms with van der Waals surface area (Å²) in [5.41, 5.74) is -0.270. The topological polar surface area (TPSA) is 105 Å². The molecule has 0 saturated carbocycles. The Kier molecular flexibility index (Phi) is 6.24. The lowest BCUT2D eigenvalue weighted by molar-refractivity contribution is 0.0474. The van der Waals surface area contributed by atoms with Crippen LogP contribution >= 0.6 is 0 Å². The van der Waals surface area contributed by atoms with E-state index in [4.69, 9.17) is 4.74 Å². The first-order chi connectivity index (χ1) is 12.6. The molecule has 0 aliphatic heterocycles. The smallest absolute Gasteiger partial charge is 0.408 e. The lowest BCUT2D eigenvalue weighted by Crippen LogP contribution is -2.54. The molecule has 0 saturated heterocycles. The van der Waals surface area contributed by atoms with E-state index in [9.17, 15) is 4.79 Å². The molecule has 2 heterocycles. The number of aliphatic imine (C=N–C) groups is 1. The van der Waals surface area contributed by atoms with E-state index in [1.807, 2.05) is 63.4 Å². The summed E-state index contributed by atoms with van der Waals surface area (Å²) >= 11 is 0. The molecule has 9 heteroatoms. The third-order valence-electron chi connectivity index (χ3n) is 3.56. The van der Waals surface area contributed by atoms with Gasteiger partial charge in [0.1, 0.15) is 5.60 Å². The number of carbonyl (C=O) groups excluding carboxylic acids is 1. The number of nitrogens with zero attached hydrogens (tertiary/aromatic N) is 4. The van der Waals surface area contributed by atoms with E-state index in [-0.39, 0.29) is 0 Å². The number of hydrogen-bond donors (Lipinski definition) is 3. The van der Waals surface area contributed by atoms with Crippen molar-refractivity contribution in [2.45, 2.75) is 52.3 Å². The average molecular weight is 375 g/mol. The summed E-state index contributed by atoms with van der Waals surface area (Å²) < 4.78 is 7.21. The molecule has 0 unspecified atom stereocenters. The van der Waals surface area contributed by atoms with E-state index >= 15 is 0 Å². The molecule has 2 aromatic rings. The molecule has 2 rings (SSSR count). The number of rotatable bonds is 5. The second-order valence-corrected chi connectivity index (χ2v) is 7.84. The zero-order chi connectivity index (χ0) is 20.1. The number of guanidine groups is 1. The number of aromatic nitrogens is 3. The van der Waals surface area contributed by atoms with Crippen LogP contribution in [-0.2, 0) is 11.3 Å². The summed E-state index contributed by atoms with van der Waals surface area (Å²) in [6, 6.07) is 5.74. The highest BCUT2D eigenvalue weighted by Gasteiger charge is 2.24. The summed E-state index contributed by atoms with van der Waals surface area (Å²) in [5.74, 6) is 1.38. The fourth-order valence-electron chi connectivity index (χ4n) is 2.32. The minimum atomic E-state index is -0.536. The van der Waals surface area contributed by atoms with Gasteiger partial charge in [-0.05, 0) is 46.8 Å². The van der Waals surface area contributed by atoms with E-state index < -0.39 is 17.2 Å². The quantitative estimate of drug-likeness (QED) is 0.543. The van der Waals surface area contributed by atoms with Gasteiger partial charge < -0.3 is 20.7 Å². The molecule has 0 aliphatic carbocycles. The van der Waals surface area contributed by atoms with Crippen molar-refractivity contribution in [3.8, 4) is 0 Å². The maximum absolute atomic E-state index is 12.0. The Morgan fingerprint density at radius 3 is 2.59 bits per heavy atom. The molecule has 0 bridgehead atoms. The fraction of sp³-hybridized carbons (Fsp3) is 0.556. The maximum Gasteiger partial charge on any atom is 0.408 e. The Morgan fingerprint density at radius 2 is 1.93 bits per heavy atom. The molecule has 0 fully saturated rings. The fourth-order valence-corrected chi connectivity index (χ4v) is 2.32. The van der Waals surface area contributed by atoms with Crippen molar-refractivity contribution in [3.05, 3.63) is 30.2 Å². The normalized spacial score (nSPS) is 12.7. The number of nitrogens with one attached hydrogen (secondary N) is 3. The standard InChI is InChI=1S/C18H29N7O2/c1-17(2,3)27-16(26)22-18(4,5)12-21-15(19-6)20-11-14-24-23-13-9-7-8-10-25(13)14/h7-10H,11-12H2,1-6H3,(H,22,26)(H2,19,20,21). The lowest BCUT2D eigenvalue weighted by atomic mass is 10.1. The Morgan fingerprint density at radius 1 is 1.19 bits per heavy atom. The zero-order valence-electron chi connectivity index (χ0n) is 16.8. The minimum absolute atomic E-state index is 0.452. The number of amides is 1. The van der Waals surface area contributed by atoms with E-state index in [0.29, 0.717) is 19.0 Å². The van der Waals surface area contributed by atoms with Crippen LogP contribution in [0, 0.1) is 0 Å². The van der Waals surface area contributed by atoms with Crippen LogP contribution in [0.5, 0.6) is 0 Å². The molecule has 0 aromatic carbocycles. The van der Waals surface area contributed by atoms with Crippen molar-refractivity contribution in [2.75, 3.05) is 13.6 Å². The molecule has 9 nitrogen and oxygen atoms in total. The van der Waals surface area contributed by atoms with Gasteiger partial charge in [0.25, 0.3) is 0 Å².